The molecule has 0 aromatic heterocycles. The number of carboxylic acids is 1. The van der Waals surface area contributed by atoms with Gasteiger partial charge in [-0.25, -0.2) is 0 Å². The van der Waals surface area contributed by atoms with Gasteiger partial charge >= 0.3 is 5.97 Å². The summed E-state index contributed by atoms with van der Waals surface area (Å²) in [6.07, 6.45) is 1.19. The van der Waals surface area contributed by atoms with Crippen molar-refractivity contribution in [2.24, 2.45) is 22.2 Å². The zero-order valence-corrected chi connectivity index (χ0v) is 13.8. The van der Waals surface area contributed by atoms with Crippen molar-refractivity contribution >= 4 is 28.0 Å². The third-order valence-corrected chi connectivity index (χ3v) is 3.04. The minimum Gasteiger partial charge on any atom is -0.480 e. The molecule has 0 saturated heterocycles. The van der Waals surface area contributed by atoms with Gasteiger partial charge in [0, 0.05) is 20.0 Å². The van der Waals surface area contributed by atoms with E-state index in [0.29, 0.717) is 19.4 Å². The molecule has 1 atom stereocenters. The number of carboxylic acid groups (broad SMARTS) is 1. The maximum Gasteiger partial charge on any atom is 0.320 e. The Labute approximate surface area is 135 Å². The van der Waals surface area contributed by atoms with E-state index >= 15 is 0 Å². The van der Waals surface area contributed by atoms with E-state index in [1.807, 2.05) is 0 Å². The molecule has 12 heteroatoms. The minimum atomic E-state index is -3.87. The molecule has 0 heterocycles. The molecule has 0 rings (SSSR count). The third kappa shape index (κ3) is 22.5. The SMILES string of the molecule is CC(=O)NCCCS(=O)(=O)O.NC(N)=NCCCC(N)C(=O)O. The number of carbonyl (C=O) groups is 2. The lowest BCUT2D eigenvalue weighted by Crippen LogP contribution is -2.30. The second kappa shape index (κ2) is 12.6. The van der Waals surface area contributed by atoms with Crippen LogP contribution >= 0.6 is 0 Å². The first-order valence-electron chi connectivity index (χ1n) is 6.69. The lowest BCUT2D eigenvalue weighted by Gasteiger charge is -2.03. The van der Waals surface area contributed by atoms with E-state index < -0.39 is 22.1 Å². The zero-order valence-electron chi connectivity index (χ0n) is 12.9. The molecular formula is C11H25N5O6S. The second-order valence-electron chi connectivity index (χ2n) is 4.52. The van der Waals surface area contributed by atoms with E-state index in [1.54, 1.807) is 0 Å². The van der Waals surface area contributed by atoms with Gasteiger partial charge in [-0.05, 0) is 19.3 Å². The highest BCUT2D eigenvalue weighted by molar-refractivity contribution is 7.85. The fraction of sp³-hybridized carbons (Fsp3) is 0.727. The predicted octanol–water partition coefficient (Wildman–Crippen LogP) is -2.15. The van der Waals surface area contributed by atoms with Gasteiger partial charge in [0.05, 0.1) is 5.75 Å². The Morgan fingerprint density at radius 3 is 2.22 bits per heavy atom. The monoisotopic (exact) mass is 355 g/mol. The van der Waals surface area contributed by atoms with Crippen molar-refractivity contribution < 1.29 is 27.7 Å². The molecule has 23 heavy (non-hydrogen) atoms. The second-order valence-corrected chi connectivity index (χ2v) is 6.09. The summed E-state index contributed by atoms with van der Waals surface area (Å²) < 4.78 is 28.5. The van der Waals surface area contributed by atoms with Gasteiger partial charge in [0.2, 0.25) is 5.91 Å². The van der Waals surface area contributed by atoms with Crippen molar-refractivity contribution in [3.8, 4) is 0 Å². The number of aliphatic imine (C=N–C) groups is 1. The number of guanidine groups is 1. The highest BCUT2D eigenvalue weighted by Gasteiger charge is 2.09. The van der Waals surface area contributed by atoms with Gasteiger partial charge in [0.25, 0.3) is 10.1 Å². The van der Waals surface area contributed by atoms with Gasteiger partial charge in [-0.15, -0.1) is 0 Å². The van der Waals surface area contributed by atoms with Crippen LogP contribution in [0.15, 0.2) is 4.99 Å². The molecule has 136 valence electrons. The molecule has 0 aliphatic rings. The Bertz CT molecular complexity index is 489. The fourth-order valence-corrected chi connectivity index (χ4v) is 1.67. The van der Waals surface area contributed by atoms with Crippen LogP contribution in [0.25, 0.3) is 0 Å². The highest BCUT2D eigenvalue weighted by atomic mass is 32.2. The van der Waals surface area contributed by atoms with Crippen LogP contribution in [0.5, 0.6) is 0 Å². The van der Waals surface area contributed by atoms with Crippen LogP contribution in [0, 0.1) is 0 Å². The van der Waals surface area contributed by atoms with Crippen LogP contribution in [-0.2, 0) is 19.7 Å². The van der Waals surface area contributed by atoms with Crippen LogP contribution in [0.4, 0.5) is 0 Å². The zero-order chi connectivity index (χ0) is 18.5. The number of amides is 1. The summed E-state index contributed by atoms with van der Waals surface area (Å²) in [5.41, 5.74) is 15.3. The summed E-state index contributed by atoms with van der Waals surface area (Å²) in [5, 5.41) is 10.8. The van der Waals surface area contributed by atoms with Crippen molar-refractivity contribution in [3.05, 3.63) is 0 Å². The highest BCUT2D eigenvalue weighted by Crippen LogP contribution is 1.94. The first kappa shape index (κ1) is 23.3. The van der Waals surface area contributed by atoms with Crippen LogP contribution in [0.1, 0.15) is 26.2 Å². The lowest BCUT2D eigenvalue weighted by atomic mass is 10.2. The van der Waals surface area contributed by atoms with Gasteiger partial charge in [0.1, 0.15) is 6.04 Å². The number of nitrogens with one attached hydrogen (secondary N) is 1. The van der Waals surface area contributed by atoms with Crippen molar-refractivity contribution in [1.82, 2.24) is 5.32 Å². The third-order valence-electron chi connectivity index (χ3n) is 2.24. The number of hydrogen-bond acceptors (Lipinski definition) is 6. The van der Waals surface area contributed by atoms with E-state index in [4.69, 9.17) is 26.9 Å². The molecule has 0 aromatic carbocycles. The van der Waals surface area contributed by atoms with Gasteiger partial charge < -0.3 is 27.6 Å². The standard InChI is InChI=1S/C6H14N4O2.C5H11NO4S/c7-4(5(11)12)2-1-3-10-6(8)9;1-5(7)6-3-2-4-11(8,9)10/h4H,1-3,7H2,(H,11,12)(H4,8,9,10);2-4H2,1H3,(H,6,7)(H,8,9,10). The molecule has 0 radical (unpaired) electrons. The fourth-order valence-electron chi connectivity index (χ4n) is 1.16. The van der Waals surface area contributed by atoms with Crippen molar-refractivity contribution in [2.75, 3.05) is 18.8 Å². The lowest BCUT2D eigenvalue weighted by molar-refractivity contribution is -0.138. The maximum absolute atomic E-state index is 10.2. The Kier molecular flexibility index (Phi) is 12.8. The normalized spacial score (nSPS) is 11.6. The van der Waals surface area contributed by atoms with Gasteiger partial charge in [0.15, 0.2) is 5.96 Å². The molecule has 0 bridgehead atoms. The molecule has 0 aliphatic heterocycles. The van der Waals surface area contributed by atoms with E-state index in [-0.39, 0.29) is 30.6 Å². The molecule has 0 aromatic rings. The van der Waals surface area contributed by atoms with E-state index in [2.05, 4.69) is 10.3 Å². The Balaban J connectivity index is 0. The van der Waals surface area contributed by atoms with Gasteiger partial charge in [-0.3, -0.25) is 19.1 Å². The molecular weight excluding hydrogens is 330 g/mol. The largest absolute Gasteiger partial charge is 0.480 e. The number of rotatable bonds is 9. The van der Waals surface area contributed by atoms with E-state index in [9.17, 15) is 18.0 Å². The molecule has 1 unspecified atom stereocenters. The summed E-state index contributed by atoms with van der Waals surface area (Å²) in [6, 6.07) is -0.820. The number of carbonyl (C=O) groups excluding carboxylic acids is 1. The first-order chi connectivity index (χ1) is 10.5. The Morgan fingerprint density at radius 1 is 1.26 bits per heavy atom. The van der Waals surface area contributed by atoms with E-state index in [0.717, 1.165) is 0 Å². The topological polar surface area (TPSA) is 211 Å². The van der Waals surface area contributed by atoms with Gasteiger partial charge in [-0.2, -0.15) is 8.42 Å². The maximum atomic E-state index is 10.2. The summed E-state index contributed by atoms with van der Waals surface area (Å²) in [5.74, 6) is -1.51. The molecule has 1 amide bonds. The van der Waals surface area contributed by atoms with Crippen LogP contribution in [0.2, 0.25) is 0 Å². The Morgan fingerprint density at radius 2 is 1.83 bits per heavy atom. The number of nitrogens with zero attached hydrogens (tertiary/aromatic N) is 1. The number of aliphatic carboxylic acids is 1. The summed E-state index contributed by atoms with van der Waals surface area (Å²) >= 11 is 0. The summed E-state index contributed by atoms with van der Waals surface area (Å²) in [7, 11) is -3.87. The van der Waals surface area contributed by atoms with Gasteiger partial charge in [-0.1, -0.05) is 0 Å². The molecule has 0 saturated carbocycles. The van der Waals surface area contributed by atoms with Crippen LogP contribution < -0.4 is 22.5 Å². The average molecular weight is 355 g/mol. The van der Waals surface area contributed by atoms with Crippen molar-refractivity contribution in [1.29, 1.82) is 0 Å². The molecule has 0 spiro atoms. The molecule has 0 aliphatic carbocycles. The van der Waals surface area contributed by atoms with Crippen molar-refractivity contribution in [2.45, 2.75) is 32.2 Å². The Hall–Kier alpha value is -1.92. The minimum absolute atomic E-state index is 0.0129. The summed E-state index contributed by atoms with van der Waals surface area (Å²) in [6.45, 7) is 2.03. The van der Waals surface area contributed by atoms with Crippen molar-refractivity contribution in [3.63, 3.8) is 0 Å². The molecule has 11 nitrogen and oxygen atoms in total. The van der Waals surface area contributed by atoms with Crippen LogP contribution in [-0.4, -0.2) is 60.8 Å². The number of nitrogens with two attached hydrogens (primary N) is 3. The van der Waals surface area contributed by atoms with E-state index in [1.165, 1.54) is 6.92 Å². The average Bonchev–Trinajstić information content (AvgIpc) is 2.38. The number of hydrogen-bond donors (Lipinski definition) is 6. The first-order valence-corrected chi connectivity index (χ1v) is 8.30. The quantitative estimate of drug-likeness (QED) is 0.115. The predicted molar refractivity (Wildman–Crippen MR) is 85.2 cm³/mol. The molecule has 9 N–H and O–H groups in total. The van der Waals surface area contributed by atoms with Crippen LogP contribution in [0.3, 0.4) is 0 Å². The smallest absolute Gasteiger partial charge is 0.320 e. The molecule has 0 fully saturated rings. The summed E-state index contributed by atoms with van der Waals surface area (Å²) in [4.78, 5) is 24.1.